The van der Waals surface area contributed by atoms with Crippen molar-refractivity contribution in [2.24, 2.45) is 5.41 Å². The van der Waals surface area contributed by atoms with E-state index in [1.54, 1.807) is 7.11 Å². The van der Waals surface area contributed by atoms with Gasteiger partial charge in [-0.1, -0.05) is 36.8 Å². The van der Waals surface area contributed by atoms with E-state index < -0.39 is 0 Å². The summed E-state index contributed by atoms with van der Waals surface area (Å²) in [5.74, 6) is 0.0718. The molecular weight excluding hydrogens is 302 g/mol. The van der Waals surface area contributed by atoms with Crippen molar-refractivity contribution in [2.45, 2.75) is 57.1 Å². The van der Waals surface area contributed by atoms with Gasteiger partial charge in [0.2, 0.25) is 5.91 Å². The van der Waals surface area contributed by atoms with E-state index in [0.717, 1.165) is 19.4 Å². The van der Waals surface area contributed by atoms with E-state index >= 15 is 0 Å². The summed E-state index contributed by atoms with van der Waals surface area (Å²) in [7, 11) is 1.67. The van der Waals surface area contributed by atoms with Crippen molar-refractivity contribution in [3.8, 4) is 0 Å². The molecule has 1 aromatic rings. The van der Waals surface area contributed by atoms with Gasteiger partial charge >= 0.3 is 0 Å². The van der Waals surface area contributed by atoms with Gasteiger partial charge < -0.3 is 14.8 Å². The van der Waals surface area contributed by atoms with Crippen molar-refractivity contribution >= 4 is 5.91 Å². The molecule has 132 valence electrons. The molecule has 0 aromatic heterocycles. The maximum atomic E-state index is 12.4. The van der Waals surface area contributed by atoms with Crippen LogP contribution in [0.1, 0.15) is 44.1 Å². The number of hydrogen-bond acceptors (Lipinski definition) is 3. The van der Waals surface area contributed by atoms with Gasteiger partial charge in [0.15, 0.2) is 0 Å². The first kappa shape index (κ1) is 17.4. The third kappa shape index (κ3) is 4.58. The van der Waals surface area contributed by atoms with Gasteiger partial charge in [-0.3, -0.25) is 4.79 Å². The monoisotopic (exact) mass is 331 g/mol. The highest BCUT2D eigenvalue weighted by molar-refractivity contribution is 5.76. The van der Waals surface area contributed by atoms with Crippen LogP contribution in [0.25, 0.3) is 0 Å². The summed E-state index contributed by atoms with van der Waals surface area (Å²) in [5.41, 5.74) is 1.67. The molecule has 1 spiro atoms. The molecule has 1 aromatic carbocycles. The van der Waals surface area contributed by atoms with Gasteiger partial charge in [0.05, 0.1) is 31.8 Å². The van der Waals surface area contributed by atoms with Crippen molar-refractivity contribution in [2.75, 3.05) is 20.3 Å². The van der Waals surface area contributed by atoms with Crippen LogP contribution in [0.4, 0.5) is 0 Å². The third-order valence-electron chi connectivity index (χ3n) is 5.51. The molecule has 3 rings (SSSR count). The zero-order valence-corrected chi connectivity index (χ0v) is 14.6. The first-order chi connectivity index (χ1) is 11.7. The fraction of sp³-hybridized carbons (Fsp3) is 0.650. The lowest BCUT2D eigenvalue weighted by Crippen LogP contribution is -2.44. The Labute approximate surface area is 144 Å². The first-order valence-electron chi connectivity index (χ1n) is 9.13. The molecule has 1 heterocycles. The Hall–Kier alpha value is -1.39. The van der Waals surface area contributed by atoms with E-state index in [1.165, 1.54) is 31.2 Å². The van der Waals surface area contributed by atoms with E-state index in [0.29, 0.717) is 18.4 Å². The fourth-order valence-electron chi connectivity index (χ4n) is 3.89. The number of carbonyl (C=O) groups is 1. The number of ether oxygens (including phenoxy) is 2. The maximum absolute atomic E-state index is 12.4. The molecule has 1 aliphatic carbocycles. The van der Waals surface area contributed by atoms with Crippen molar-refractivity contribution < 1.29 is 14.3 Å². The van der Waals surface area contributed by atoms with E-state index in [9.17, 15) is 4.79 Å². The third-order valence-corrected chi connectivity index (χ3v) is 5.51. The maximum Gasteiger partial charge on any atom is 0.222 e. The normalized spacial score (nSPS) is 23.5. The van der Waals surface area contributed by atoms with E-state index in [2.05, 4.69) is 17.4 Å². The van der Waals surface area contributed by atoms with Crippen LogP contribution in [-0.2, 0) is 20.7 Å². The Morgan fingerprint density at radius 2 is 2.12 bits per heavy atom. The van der Waals surface area contributed by atoms with E-state index in [1.807, 2.05) is 18.2 Å². The van der Waals surface area contributed by atoms with Gasteiger partial charge in [-0.25, -0.2) is 0 Å². The number of nitrogens with one attached hydrogen (secondary N) is 1. The minimum absolute atomic E-state index is 0.00599. The summed E-state index contributed by atoms with van der Waals surface area (Å²) in [5, 5.41) is 3.12. The Bertz CT molecular complexity index is 517. The highest BCUT2D eigenvalue weighted by Gasteiger charge is 2.41. The van der Waals surface area contributed by atoms with Crippen LogP contribution in [-0.4, -0.2) is 38.4 Å². The zero-order valence-electron chi connectivity index (χ0n) is 14.6. The molecule has 4 nitrogen and oxygen atoms in total. The predicted molar refractivity (Wildman–Crippen MR) is 93.8 cm³/mol. The molecule has 2 unspecified atom stereocenters. The molecule has 0 radical (unpaired) electrons. The average Bonchev–Trinajstić information content (AvgIpc) is 2.55. The molecule has 2 atom stereocenters. The summed E-state index contributed by atoms with van der Waals surface area (Å²) < 4.78 is 11.2. The SMILES string of the molecule is COCC(Cc1ccccc1)NC(=O)CC1CCC2(CCC2)CO1. The predicted octanol–water partition coefficient (Wildman–Crippen LogP) is 3.10. The molecular formula is C20H29NO3. The first-order valence-corrected chi connectivity index (χ1v) is 9.13. The Kier molecular flexibility index (Phi) is 5.90. The summed E-state index contributed by atoms with van der Waals surface area (Å²) in [6.07, 6.45) is 7.51. The number of methoxy groups -OCH3 is 1. The minimum atomic E-state index is 0.00599. The number of amides is 1. The van der Waals surface area contributed by atoms with Crippen molar-refractivity contribution in [3.63, 3.8) is 0 Å². The lowest BCUT2D eigenvalue weighted by molar-refractivity contribution is -0.132. The standard InChI is InChI=1S/C20H29NO3/c1-23-14-17(12-16-6-3-2-4-7-16)21-19(22)13-18-8-11-20(15-24-18)9-5-10-20/h2-4,6-7,17-18H,5,8-15H2,1H3,(H,21,22). The molecule has 1 N–H and O–H groups in total. The van der Waals surface area contributed by atoms with Gasteiger partial charge in [-0.2, -0.15) is 0 Å². The molecule has 2 aliphatic rings. The number of carbonyl (C=O) groups excluding carboxylic acids is 1. The van der Waals surface area contributed by atoms with Crippen LogP contribution in [0.5, 0.6) is 0 Å². The smallest absolute Gasteiger partial charge is 0.222 e. The number of hydrogen-bond donors (Lipinski definition) is 1. The quantitative estimate of drug-likeness (QED) is 0.835. The molecule has 2 fully saturated rings. The highest BCUT2D eigenvalue weighted by Crippen LogP contribution is 2.48. The van der Waals surface area contributed by atoms with Crippen LogP contribution < -0.4 is 5.32 Å². The Balaban J connectivity index is 1.45. The zero-order chi connectivity index (χ0) is 16.8. The highest BCUT2D eigenvalue weighted by atomic mass is 16.5. The molecule has 1 amide bonds. The molecule has 1 aliphatic heterocycles. The molecule has 4 heteroatoms. The minimum Gasteiger partial charge on any atom is -0.383 e. The molecule has 24 heavy (non-hydrogen) atoms. The lowest BCUT2D eigenvalue weighted by atomic mass is 9.65. The largest absolute Gasteiger partial charge is 0.383 e. The number of benzene rings is 1. The second-order valence-electron chi connectivity index (χ2n) is 7.44. The van der Waals surface area contributed by atoms with Gasteiger partial charge in [0.25, 0.3) is 0 Å². The van der Waals surface area contributed by atoms with Gasteiger partial charge in [-0.05, 0) is 43.1 Å². The van der Waals surface area contributed by atoms with Crippen molar-refractivity contribution in [1.29, 1.82) is 0 Å². The fourth-order valence-corrected chi connectivity index (χ4v) is 3.89. The van der Waals surface area contributed by atoms with Gasteiger partial charge in [0.1, 0.15) is 0 Å². The summed E-state index contributed by atoms with van der Waals surface area (Å²) in [6.45, 7) is 1.37. The van der Waals surface area contributed by atoms with Gasteiger partial charge in [0, 0.05) is 7.11 Å². The second-order valence-corrected chi connectivity index (χ2v) is 7.44. The van der Waals surface area contributed by atoms with Crippen molar-refractivity contribution in [3.05, 3.63) is 35.9 Å². The Morgan fingerprint density at radius 3 is 2.71 bits per heavy atom. The van der Waals surface area contributed by atoms with Crippen LogP contribution >= 0.6 is 0 Å². The van der Waals surface area contributed by atoms with E-state index in [4.69, 9.17) is 9.47 Å². The average molecular weight is 331 g/mol. The molecule has 1 saturated carbocycles. The van der Waals surface area contributed by atoms with Crippen LogP contribution in [0, 0.1) is 5.41 Å². The van der Waals surface area contributed by atoms with Crippen molar-refractivity contribution in [1.82, 2.24) is 5.32 Å². The van der Waals surface area contributed by atoms with Crippen LogP contribution in [0.3, 0.4) is 0 Å². The lowest BCUT2D eigenvalue weighted by Gasteiger charge is -2.46. The van der Waals surface area contributed by atoms with Crippen LogP contribution in [0.2, 0.25) is 0 Å². The second kappa shape index (κ2) is 8.13. The Morgan fingerprint density at radius 1 is 1.33 bits per heavy atom. The van der Waals surface area contributed by atoms with Crippen LogP contribution in [0.15, 0.2) is 30.3 Å². The number of rotatable bonds is 7. The van der Waals surface area contributed by atoms with Gasteiger partial charge in [-0.15, -0.1) is 0 Å². The summed E-state index contributed by atoms with van der Waals surface area (Å²) >= 11 is 0. The summed E-state index contributed by atoms with van der Waals surface area (Å²) in [6, 6.07) is 10.2. The van der Waals surface area contributed by atoms with E-state index in [-0.39, 0.29) is 18.1 Å². The molecule has 1 saturated heterocycles. The topological polar surface area (TPSA) is 47.6 Å². The molecule has 0 bridgehead atoms. The summed E-state index contributed by atoms with van der Waals surface area (Å²) in [4.78, 5) is 12.4.